The Bertz CT molecular complexity index is 289. The van der Waals surface area contributed by atoms with Crippen molar-refractivity contribution in [2.24, 2.45) is 0 Å². The van der Waals surface area contributed by atoms with Crippen LogP contribution in [0.2, 0.25) is 5.02 Å². The van der Waals surface area contributed by atoms with E-state index in [1.54, 1.807) is 18.0 Å². The topological polar surface area (TPSA) is 22.1 Å². The van der Waals surface area contributed by atoms with Crippen LogP contribution < -0.4 is 0 Å². The van der Waals surface area contributed by atoms with Gasteiger partial charge in [0.15, 0.2) is 0 Å². The van der Waals surface area contributed by atoms with Crippen molar-refractivity contribution >= 4 is 23.4 Å². The molecule has 0 amide bonds. The normalized spacial score (nSPS) is 22.1. The zero-order valence-electron chi connectivity index (χ0n) is 7.07. The lowest BCUT2D eigenvalue weighted by molar-refractivity contribution is 0.199. The maximum absolute atomic E-state index is 5.98. The van der Waals surface area contributed by atoms with Gasteiger partial charge in [-0.15, -0.1) is 0 Å². The van der Waals surface area contributed by atoms with Crippen molar-refractivity contribution < 1.29 is 4.74 Å². The Labute approximate surface area is 86.6 Å². The number of ether oxygens (including phenoxy) is 1. The largest absolute Gasteiger partial charge is 0.380 e. The molecule has 1 saturated heterocycles. The van der Waals surface area contributed by atoms with Gasteiger partial charge in [0.25, 0.3) is 0 Å². The lowest BCUT2D eigenvalue weighted by atomic mass is 10.4. The number of rotatable bonds is 2. The summed E-state index contributed by atoms with van der Waals surface area (Å²) < 4.78 is 5.28. The molecule has 70 valence electrons. The molecule has 1 aromatic heterocycles. The molecule has 1 atom stereocenters. The summed E-state index contributed by atoms with van der Waals surface area (Å²) in [7, 11) is 0. The van der Waals surface area contributed by atoms with Crippen LogP contribution in [-0.4, -0.2) is 23.4 Å². The number of hydrogen-bond acceptors (Lipinski definition) is 3. The Balaban J connectivity index is 2.04. The van der Waals surface area contributed by atoms with Crippen molar-refractivity contribution in [1.82, 2.24) is 4.98 Å². The predicted molar refractivity (Wildman–Crippen MR) is 54.3 cm³/mol. The van der Waals surface area contributed by atoms with Crippen molar-refractivity contribution in [3.63, 3.8) is 0 Å². The van der Waals surface area contributed by atoms with Gasteiger partial charge >= 0.3 is 0 Å². The van der Waals surface area contributed by atoms with Crippen molar-refractivity contribution in [3.05, 3.63) is 23.4 Å². The summed E-state index contributed by atoms with van der Waals surface area (Å²) in [6.45, 7) is 1.68. The van der Waals surface area contributed by atoms with E-state index in [1.807, 2.05) is 12.1 Å². The molecular formula is C9H10ClNOS. The molecule has 13 heavy (non-hydrogen) atoms. The lowest BCUT2D eigenvalue weighted by Gasteiger charge is -2.06. The number of halogens is 1. The molecule has 1 aliphatic heterocycles. The van der Waals surface area contributed by atoms with E-state index in [9.17, 15) is 0 Å². The highest BCUT2D eigenvalue weighted by molar-refractivity contribution is 8.00. The van der Waals surface area contributed by atoms with E-state index in [1.165, 1.54) is 0 Å². The van der Waals surface area contributed by atoms with Crippen molar-refractivity contribution in [2.45, 2.75) is 16.7 Å². The van der Waals surface area contributed by atoms with Crippen molar-refractivity contribution in [3.8, 4) is 0 Å². The SMILES string of the molecule is Clc1cccnc1SC1CCOC1. The van der Waals surface area contributed by atoms with Crippen molar-refractivity contribution in [2.75, 3.05) is 13.2 Å². The minimum absolute atomic E-state index is 0.521. The Kier molecular flexibility index (Phi) is 3.09. The second-order valence-electron chi connectivity index (χ2n) is 2.89. The van der Waals surface area contributed by atoms with Crippen LogP contribution in [0, 0.1) is 0 Å². The van der Waals surface area contributed by atoms with Gasteiger partial charge < -0.3 is 4.74 Å². The molecule has 1 fully saturated rings. The fourth-order valence-electron chi connectivity index (χ4n) is 1.22. The highest BCUT2D eigenvalue weighted by atomic mass is 35.5. The molecule has 0 aromatic carbocycles. The molecule has 0 spiro atoms. The first-order valence-corrected chi connectivity index (χ1v) is 5.47. The van der Waals surface area contributed by atoms with Gasteiger partial charge in [-0.3, -0.25) is 0 Å². The molecule has 1 unspecified atom stereocenters. The van der Waals surface area contributed by atoms with E-state index >= 15 is 0 Å². The average Bonchev–Trinajstić information content (AvgIpc) is 2.61. The zero-order chi connectivity index (χ0) is 9.10. The highest BCUT2D eigenvalue weighted by Gasteiger charge is 2.18. The van der Waals surface area contributed by atoms with Gasteiger partial charge in [-0.2, -0.15) is 0 Å². The van der Waals surface area contributed by atoms with E-state index < -0.39 is 0 Å². The van der Waals surface area contributed by atoms with E-state index in [4.69, 9.17) is 16.3 Å². The molecular weight excluding hydrogens is 206 g/mol. The van der Waals surface area contributed by atoms with E-state index in [0.717, 1.165) is 29.7 Å². The number of nitrogens with zero attached hydrogens (tertiary/aromatic N) is 1. The summed E-state index contributed by atoms with van der Waals surface area (Å²) in [6, 6.07) is 3.71. The summed E-state index contributed by atoms with van der Waals surface area (Å²) in [5, 5.41) is 2.17. The molecule has 0 N–H and O–H groups in total. The summed E-state index contributed by atoms with van der Waals surface area (Å²) in [5.41, 5.74) is 0. The number of aromatic nitrogens is 1. The van der Waals surface area contributed by atoms with Crippen molar-refractivity contribution in [1.29, 1.82) is 0 Å². The molecule has 1 aliphatic rings. The van der Waals surface area contributed by atoms with Gasteiger partial charge in [0, 0.05) is 18.1 Å². The molecule has 2 heterocycles. The van der Waals surface area contributed by atoms with Gasteiger partial charge in [0.2, 0.25) is 0 Å². The summed E-state index contributed by atoms with van der Waals surface area (Å²) in [4.78, 5) is 4.22. The number of thioether (sulfide) groups is 1. The van der Waals surface area contributed by atoms with E-state index in [2.05, 4.69) is 4.98 Å². The zero-order valence-corrected chi connectivity index (χ0v) is 8.64. The van der Waals surface area contributed by atoms with Gasteiger partial charge in [-0.05, 0) is 18.6 Å². The van der Waals surface area contributed by atoms with E-state index in [-0.39, 0.29) is 0 Å². The first kappa shape index (κ1) is 9.31. The van der Waals surface area contributed by atoms with Crippen LogP contribution in [-0.2, 0) is 4.74 Å². The summed E-state index contributed by atoms with van der Waals surface area (Å²) >= 11 is 7.69. The van der Waals surface area contributed by atoms with E-state index in [0.29, 0.717) is 5.25 Å². The third-order valence-electron chi connectivity index (χ3n) is 1.89. The van der Waals surface area contributed by atoms with Crippen LogP contribution in [0.25, 0.3) is 0 Å². The minimum atomic E-state index is 0.521. The van der Waals surface area contributed by atoms with Crippen LogP contribution >= 0.6 is 23.4 Å². The second kappa shape index (κ2) is 4.31. The Hall–Kier alpha value is -0.250. The van der Waals surface area contributed by atoms with Gasteiger partial charge in [0.1, 0.15) is 5.03 Å². The summed E-state index contributed by atoms with van der Waals surface area (Å²) in [5.74, 6) is 0. The van der Waals surface area contributed by atoms with Crippen LogP contribution in [0.1, 0.15) is 6.42 Å². The third kappa shape index (κ3) is 2.36. The molecule has 1 aromatic rings. The maximum Gasteiger partial charge on any atom is 0.115 e. The monoisotopic (exact) mass is 215 g/mol. The maximum atomic E-state index is 5.98. The van der Waals surface area contributed by atoms with Gasteiger partial charge in [-0.25, -0.2) is 4.98 Å². The fraction of sp³-hybridized carbons (Fsp3) is 0.444. The predicted octanol–water partition coefficient (Wildman–Crippen LogP) is 2.62. The Morgan fingerprint density at radius 2 is 2.54 bits per heavy atom. The molecule has 0 saturated carbocycles. The molecule has 0 bridgehead atoms. The van der Waals surface area contributed by atoms with Crippen LogP contribution in [0.3, 0.4) is 0 Å². The Morgan fingerprint density at radius 1 is 1.62 bits per heavy atom. The first-order valence-electron chi connectivity index (χ1n) is 4.21. The third-order valence-corrected chi connectivity index (χ3v) is 3.56. The minimum Gasteiger partial charge on any atom is -0.380 e. The smallest absolute Gasteiger partial charge is 0.115 e. The van der Waals surface area contributed by atoms with Crippen LogP contribution in [0.4, 0.5) is 0 Å². The molecule has 0 radical (unpaired) electrons. The van der Waals surface area contributed by atoms with Crippen LogP contribution in [0.5, 0.6) is 0 Å². The quantitative estimate of drug-likeness (QED) is 0.757. The van der Waals surface area contributed by atoms with Gasteiger partial charge in [-0.1, -0.05) is 23.4 Å². The molecule has 4 heteroatoms. The lowest BCUT2D eigenvalue weighted by Crippen LogP contribution is -2.00. The van der Waals surface area contributed by atoms with Crippen LogP contribution in [0.15, 0.2) is 23.4 Å². The van der Waals surface area contributed by atoms with Gasteiger partial charge in [0.05, 0.1) is 11.6 Å². The standard InChI is InChI=1S/C9H10ClNOS/c10-8-2-1-4-11-9(8)13-7-3-5-12-6-7/h1-2,4,7H,3,5-6H2. The second-order valence-corrected chi connectivity index (χ2v) is 4.59. The molecule has 2 nitrogen and oxygen atoms in total. The fourth-order valence-corrected chi connectivity index (χ4v) is 2.47. The number of pyridine rings is 1. The summed E-state index contributed by atoms with van der Waals surface area (Å²) in [6.07, 6.45) is 2.86. The molecule has 0 aliphatic carbocycles. The average molecular weight is 216 g/mol. The molecule has 2 rings (SSSR count). The Morgan fingerprint density at radius 3 is 3.23 bits per heavy atom. The highest BCUT2D eigenvalue weighted by Crippen LogP contribution is 2.31. The first-order chi connectivity index (χ1) is 6.36. The number of hydrogen-bond donors (Lipinski definition) is 0.